The molecule has 0 saturated carbocycles. The third-order valence-electron chi connectivity index (χ3n) is 5.44. The van der Waals surface area contributed by atoms with Crippen molar-refractivity contribution in [1.82, 2.24) is 9.78 Å². The first kappa shape index (κ1) is 22.7. The van der Waals surface area contributed by atoms with Gasteiger partial charge >= 0.3 is 11.9 Å². The molecule has 3 aromatic rings. The number of benzene rings is 2. The van der Waals surface area contributed by atoms with E-state index < -0.39 is 23.9 Å². The van der Waals surface area contributed by atoms with Crippen molar-refractivity contribution < 1.29 is 28.7 Å². The summed E-state index contributed by atoms with van der Waals surface area (Å²) < 4.78 is 10.9. The number of esters is 2. The Morgan fingerprint density at radius 1 is 1.03 bits per heavy atom. The van der Waals surface area contributed by atoms with Gasteiger partial charge in [0.05, 0.1) is 38.0 Å². The highest BCUT2D eigenvalue weighted by atomic mass is 16.5. The lowest BCUT2D eigenvalue weighted by Gasteiger charge is -2.12. The van der Waals surface area contributed by atoms with E-state index in [0.29, 0.717) is 5.82 Å². The monoisotopic (exact) mass is 462 g/mol. The number of fused-ring (bicyclic) bond motifs is 1. The van der Waals surface area contributed by atoms with Crippen molar-refractivity contribution in [2.75, 3.05) is 24.9 Å². The maximum absolute atomic E-state index is 12.8. The number of aryl methyl sites for hydroxylation is 1. The topological polar surface area (TPSA) is 129 Å². The van der Waals surface area contributed by atoms with Crippen molar-refractivity contribution in [3.05, 3.63) is 65.4 Å². The predicted octanol–water partition coefficient (Wildman–Crippen LogP) is 2.95. The zero-order valence-corrected chi connectivity index (χ0v) is 18.7. The Labute approximate surface area is 194 Å². The molecule has 1 aliphatic rings. The van der Waals surface area contributed by atoms with Crippen LogP contribution in [-0.2, 0) is 19.1 Å². The van der Waals surface area contributed by atoms with Gasteiger partial charge in [0.2, 0.25) is 5.91 Å². The number of aromatic nitrogens is 2. The van der Waals surface area contributed by atoms with Crippen LogP contribution in [-0.4, -0.2) is 47.8 Å². The number of amides is 2. The van der Waals surface area contributed by atoms with Crippen LogP contribution in [0.5, 0.6) is 0 Å². The zero-order chi connectivity index (χ0) is 24.4. The molecule has 0 saturated heterocycles. The summed E-state index contributed by atoms with van der Waals surface area (Å²) in [6, 6.07) is 11.0. The number of nitrogens with one attached hydrogen (secondary N) is 2. The average Bonchev–Trinajstić information content (AvgIpc) is 3.37. The minimum Gasteiger partial charge on any atom is -0.465 e. The Bertz CT molecular complexity index is 1260. The summed E-state index contributed by atoms with van der Waals surface area (Å²) in [6.07, 6.45) is 1.44. The number of anilines is 2. The molecule has 0 spiro atoms. The summed E-state index contributed by atoms with van der Waals surface area (Å²) in [5.41, 5.74) is 3.08. The number of nitrogens with zero attached hydrogens (tertiary/aromatic N) is 2. The van der Waals surface area contributed by atoms with E-state index in [0.717, 1.165) is 16.7 Å². The minimum atomic E-state index is -0.849. The van der Waals surface area contributed by atoms with Crippen molar-refractivity contribution in [3.8, 4) is 11.1 Å². The maximum atomic E-state index is 12.8. The molecule has 34 heavy (non-hydrogen) atoms. The van der Waals surface area contributed by atoms with Crippen molar-refractivity contribution in [2.45, 2.75) is 19.4 Å². The largest absolute Gasteiger partial charge is 0.465 e. The first-order valence-electron chi connectivity index (χ1n) is 10.4. The molecule has 0 aliphatic carbocycles. The van der Waals surface area contributed by atoms with Gasteiger partial charge in [0.25, 0.3) is 5.91 Å². The number of hydrogen-bond acceptors (Lipinski definition) is 7. The van der Waals surface area contributed by atoms with Gasteiger partial charge in [-0.25, -0.2) is 14.3 Å². The number of methoxy groups -OCH3 is 2. The molecule has 174 valence electrons. The quantitative estimate of drug-likeness (QED) is 0.539. The van der Waals surface area contributed by atoms with Gasteiger partial charge in [0, 0.05) is 11.3 Å². The molecule has 1 aliphatic heterocycles. The van der Waals surface area contributed by atoms with E-state index >= 15 is 0 Å². The van der Waals surface area contributed by atoms with E-state index in [1.807, 2.05) is 31.2 Å². The summed E-state index contributed by atoms with van der Waals surface area (Å²) in [5.74, 6) is -1.70. The molecule has 10 nitrogen and oxygen atoms in total. The van der Waals surface area contributed by atoms with Crippen LogP contribution >= 0.6 is 0 Å². The molecule has 1 atom stereocenters. The van der Waals surface area contributed by atoms with Crippen LogP contribution in [0.3, 0.4) is 0 Å². The van der Waals surface area contributed by atoms with Crippen LogP contribution < -0.4 is 10.6 Å². The Morgan fingerprint density at radius 2 is 1.65 bits per heavy atom. The molecule has 2 aromatic carbocycles. The fourth-order valence-electron chi connectivity index (χ4n) is 3.72. The summed E-state index contributed by atoms with van der Waals surface area (Å²) in [5, 5.41) is 9.74. The second kappa shape index (κ2) is 9.18. The normalized spacial score (nSPS) is 14.2. The third kappa shape index (κ3) is 4.38. The van der Waals surface area contributed by atoms with Crippen molar-refractivity contribution in [3.63, 3.8) is 0 Å². The highest BCUT2D eigenvalue weighted by Gasteiger charge is 2.35. The third-order valence-corrected chi connectivity index (χ3v) is 5.44. The Balaban J connectivity index is 1.54. The zero-order valence-electron chi connectivity index (χ0n) is 18.7. The molecule has 2 heterocycles. The molecule has 0 radical (unpaired) electrons. The summed E-state index contributed by atoms with van der Waals surface area (Å²) >= 11 is 0. The number of hydrogen-bond donors (Lipinski definition) is 2. The molecule has 0 fully saturated rings. The smallest absolute Gasteiger partial charge is 0.337 e. The van der Waals surface area contributed by atoms with Crippen molar-refractivity contribution in [2.24, 2.45) is 0 Å². The fourth-order valence-corrected chi connectivity index (χ4v) is 3.72. The molecular weight excluding hydrogens is 440 g/mol. The number of carbonyl (C=O) groups is 4. The van der Waals surface area contributed by atoms with Crippen LogP contribution in [0.1, 0.15) is 38.7 Å². The lowest BCUT2D eigenvalue weighted by atomic mass is 10.1. The van der Waals surface area contributed by atoms with E-state index in [2.05, 4.69) is 15.7 Å². The average molecular weight is 462 g/mol. The van der Waals surface area contributed by atoms with Gasteiger partial charge in [0.1, 0.15) is 11.9 Å². The Kier molecular flexibility index (Phi) is 6.13. The lowest BCUT2D eigenvalue weighted by molar-refractivity contribution is -0.123. The van der Waals surface area contributed by atoms with Gasteiger partial charge in [-0.3, -0.25) is 9.59 Å². The maximum Gasteiger partial charge on any atom is 0.337 e. The second-order valence-corrected chi connectivity index (χ2v) is 7.76. The van der Waals surface area contributed by atoms with E-state index in [4.69, 9.17) is 9.47 Å². The highest BCUT2D eigenvalue weighted by Crippen LogP contribution is 2.35. The van der Waals surface area contributed by atoms with Gasteiger partial charge in [-0.15, -0.1) is 0 Å². The molecular formula is C24H22N4O6. The van der Waals surface area contributed by atoms with E-state index in [-0.39, 0.29) is 29.1 Å². The molecule has 2 N–H and O–H groups in total. The molecule has 2 amide bonds. The molecule has 10 heteroatoms. The van der Waals surface area contributed by atoms with Gasteiger partial charge < -0.3 is 20.1 Å². The van der Waals surface area contributed by atoms with Crippen LogP contribution in [0.25, 0.3) is 11.1 Å². The van der Waals surface area contributed by atoms with E-state index in [9.17, 15) is 19.2 Å². The fraction of sp³-hybridized carbons (Fsp3) is 0.208. The number of carbonyl (C=O) groups excluding carboxylic acids is 4. The summed E-state index contributed by atoms with van der Waals surface area (Å²) in [4.78, 5) is 49.3. The van der Waals surface area contributed by atoms with Gasteiger partial charge in [-0.2, -0.15) is 5.10 Å². The van der Waals surface area contributed by atoms with Crippen molar-refractivity contribution in [1.29, 1.82) is 0 Å². The standard InChI is InChI=1S/C24H22N4O6/c1-13-4-6-14(7-5-13)18-12-25-28-19(22(30)27-21(18)28)11-20(29)26-17-9-15(23(31)33-2)8-16(10-17)24(32)34-3/h4-10,12,19H,11H2,1-3H3,(H,26,29)(H,27,30). The second-order valence-electron chi connectivity index (χ2n) is 7.76. The lowest BCUT2D eigenvalue weighted by Crippen LogP contribution is -2.23. The van der Waals surface area contributed by atoms with Crippen LogP contribution in [0.15, 0.2) is 48.7 Å². The van der Waals surface area contributed by atoms with Crippen LogP contribution in [0.2, 0.25) is 0 Å². The van der Waals surface area contributed by atoms with Crippen LogP contribution in [0, 0.1) is 6.92 Å². The molecule has 0 bridgehead atoms. The van der Waals surface area contributed by atoms with Gasteiger partial charge in [0.15, 0.2) is 0 Å². The van der Waals surface area contributed by atoms with Crippen LogP contribution in [0.4, 0.5) is 11.5 Å². The Hall–Kier alpha value is -4.47. The molecule has 1 unspecified atom stereocenters. The van der Waals surface area contributed by atoms with E-state index in [1.165, 1.54) is 37.1 Å². The first-order valence-corrected chi connectivity index (χ1v) is 10.4. The SMILES string of the molecule is COC(=O)c1cc(NC(=O)CC2C(=O)Nc3c(-c4ccc(C)cc4)cnn32)cc(C(=O)OC)c1. The first-order chi connectivity index (χ1) is 16.3. The molecule has 4 rings (SSSR count). The number of rotatable bonds is 6. The Morgan fingerprint density at radius 3 is 2.24 bits per heavy atom. The van der Waals surface area contributed by atoms with Gasteiger partial charge in [-0.05, 0) is 30.7 Å². The summed E-state index contributed by atoms with van der Waals surface area (Å²) in [7, 11) is 2.41. The van der Waals surface area contributed by atoms with E-state index in [1.54, 1.807) is 6.20 Å². The minimum absolute atomic E-state index is 0.0661. The molecule has 1 aromatic heterocycles. The highest BCUT2D eigenvalue weighted by molar-refractivity contribution is 6.04. The summed E-state index contributed by atoms with van der Waals surface area (Å²) in [6.45, 7) is 1.98. The number of ether oxygens (including phenoxy) is 2. The van der Waals surface area contributed by atoms with Crippen molar-refractivity contribution >= 4 is 35.3 Å². The predicted molar refractivity (Wildman–Crippen MR) is 122 cm³/mol. The van der Waals surface area contributed by atoms with Gasteiger partial charge in [-0.1, -0.05) is 29.8 Å².